The molecule has 6 nitrogen and oxygen atoms in total. The Morgan fingerprint density at radius 2 is 1.91 bits per heavy atom. The van der Waals surface area contributed by atoms with Crippen molar-refractivity contribution in [1.29, 1.82) is 0 Å². The second-order valence-corrected chi connectivity index (χ2v) is 4.77. The third-order valence-electron chi connectivity index (χ3n) is 3.28. The minimum absolute atomic E-state index is 0.0420. The summed E-state index contributed by atoms with van der Waals surface area (Å²) in [7, 11) is 1.39. The van der Waals surface area contributed by atoms with Crippen molar-refractivity contribution in [2.24, 2.45) is 7.05 Å². The van der Waals surface area contributed by atoms with Gasteiger partial charge in [0.1, 0.15) is 0 Å². The highest BCUT2D eigenvalue weighted by Gasteiger charge is 2.32. The SMILES string of the molecule is Cn1cc(-c2cc(C(F)(F)F)cc3[nH]ncc23)c(=O)[nH]c1=O. The molecule has 0 amide bonds. The van der Waals surface area contributed by atoms with Crippen molar-refractivity contribution in [3.05, 3.63) is 50.9 Å². The molecule has 0 radical (unpaired) electrons. The van der Waals surface area contributed by atoms with Gasteiger partial charge in [0.25, 0.3) is 5.56 Å². The van der Waals surface area contributed by atoms with Crippen LogP contribution in [0.5, 0.6) is 0 Å². The zero-order valence-corrected chi connectivity index (χ0v) is 11.2. The van der Waals surface area contributed by atoms with Crippen LogP contribution in [0.4, 0.5) is 13.2 Å². The third-order valence-corrected chi connectivity index (χ3v) is 3.28. The smallest absolute Gasteiger partial charge is 0.303 e. The molecular weight excluding hydrogens is 301 g/mol. The van der Waals surface area contributed by atoms with E-state index in [0.29, 0.717) is 5.39 Å². The Bertz CT molecular complexity index is 981. The van der Waals surface area contributed by atoms with Gasteiger partial charge in [-0.3, -0.25) is 14.9 Å². The molecule has 2 N–H and O–H groups in total. The Balaban J connectivity index is 2.40. The molecule has 114 valence electrons. The minimum atomic E-state index is -4.57. The van der Waals surface area contributed by atoms with E-state index in [1.54, 1.807) is 0 Å². The van der Waals surface area contributed by atoms with Gasteiger partial charge in [0.15, 0.2) is 0 Å². The molecule has 0 aliphatic heterocycles. The first-order valence-electron chi connectivity index (χ1n) is 6.12. The highest BCUT2D eigenvalue weighted by atomic mass is 19.4. The number of hydrogen-bond acceptors (Lipinski definition) is 3. The van der Waals surface area contributed by atoms with Gasteiger partial charge >= 0.3 is 11.9 Å². The van der Waals surface area contributed by atoms with Crippen LogP contribution in [0.3, 0.4) is 0 Å². The molecule has 0 atom stereocenters. The van der Waals surface area contributed by atoms with Gasteiger partial charge in [-0.05, 0) is 12.1 Å². The Hall–Kier alpha value is -2.84. The van der Waals surface area contributed by atoms with Crippen molar-refractivity contribution in [1.82, 2.24) is 19.7 Å². The molecule has 22 heavy (non-hydrogen) atoms. The fourth-order valence-corrected chi connectivity index (χ4v) is 2.19. The number of fused-ring (bicyclic) bond motifs is 1. The van der Waals surface area contributed by atoms with E-state index in [9.17, 15) is 22.8 Å². The number of hydrogen-bond donors (Lipinski definition) is 2. The predicted octanol–water partition coefficient (Wildman–Crippen LogP) is 1.64. The molecule has 2 heterocycles. The summed E-state index contributed by atoms with van der Waals surface area (Å²) in [4.78, 5) is 25.4. The van der Waals surface area contributed by atoms with Gasteiger partial charge < -0.3 is 4.57 Å². The van der Waals surface area contributed by atoms with Crippen molar-refractivity contribution in [2.75, 3.05) is 0 Å². The standard InChI is InChI=1S/C13H9F3N4O2/c1-20-5-9(11(21)18-12(20)22)7-2-6(13(14,15)16)3-10-8(7)4-17-19-10/h2-5H,1H3,(H,17,19)(H,18,21,22). The zero-order chi connectivity index (χ0) is 16.1. The number of aromatic amines is 2. The number of nitrogens with one attached hydrogen (secondary N) is 2. The quantitative estimate of drug-likeness (QED) is 0.716. The summed E-state index contributed by atoms with van der Waals surface area (Å²) >= 11 is 0. The van der Waals surface area contributed by atoms with Crippen molar-refractivity contribution in [2.45, 2.75) is 6.18 Å². The molecule has 0 aliphatic rings. The molecule has 0 fully saturated rings. The van der Waals surface area contributed by atoms with Crippen LogP contribution in [0.2, 0.25) is 0 Å². The molecule has 1 aromatic carbocycles. The van der Waals surface area contributed by atoms with E-state index < -0.39 is 23.0 Å². The second kappa shape index (κ2) is 4.58. The third kappa shape index (κ3) is 2.20. The van der Waals surface area contributed by atoms with Crippen LogP contribution >= 0.6 is 0 Å². The van der Waals surface area contributed by atoms with Crippen LogP contribution in [0, 0.1) is 0 Å². The minimum Gasteiger partial charge on any atom is -0.303 e. The molecule has 0 saturated heterocycles. The maximum Gasteiger partial charge on any atom is 0.416 e. The maximum atomic E-state index is 13.0. The molecular formula is C13H9F3N4O2. The fraction of sp³-hybridized carbons (Fsp3) is 0.154. The van der Waals surface area contributed by atoms with Gasteiger partial charge in [0, 0.05) is 24.2 Å². The van der Waals surface area contributed by atoms with Crippen LogP contribution in [0.1, 0.15) is 5.56 Å². The summed E-state index contributed by atoms with van der Waals surface area (Å²) < 4.78 is 40.0. The fourth-order valence-electron chi connectivity index (χ4n) is 2.19. The molecule has 0 aliphatic carbocycles. The van der Waals surface area contributed by atoms with Crippen LogP contribution in [0.25, 0.3) is 22.0 Å². The van der Waals surface area contributed by atoms with E-state index in [0.717, 1.165) is 16.7 Å². The number of benzene rings is 1. The summed E-state index contributed by atoms with van der Waals surface area (Å²) in [5.74, 6) is 0. The number of alkyl halides is 3. The average molecular weight is 310 g/mol. The number of halogens is 3. The van der Waals surface area contributed by atoms with Gasteiger partial charge in [-0.1, -0.05) is 0 Å². The first kappa shape index (κ1) is 14.1. The maximum absolute atomic E-state index is 13.0. The van der Waals surface area contributed by atoms with Gasteiger partial charge in [-0.2, -0.15) is 18.3 Å². The molecule has 3 aromatic rings. The Labute approximate surface area is 120 Å². The average Bonchev–Trinajstić information content (AvgIpc) is 2.89. The van der Waals surface area contributed by atoms with Gasteiger partial charge in [-0.15, -0.1) is 0 Å². The molecule has 2 aromatic heterocycles. The summed E-state index contributed by atoms with van der Waals surface area (Å²) in [5.41, 5.74) is -2.16. The number of aryl methyl sites for hydroxylation is 1. The lowest BCUT2D eigenvalue weighted by molar-refractivity contribution is -0.137. The Kier molecular flexibility index (Phi) is 2.94. The zero-order valence-electron chi connectivity index (χ0n) is 11.2. The van der Waals surface area contributed by atoms with E-state index in [1.807, 2.05) is 0 Å². The van der Waals surface area contributed by atoms with Crippen molar-refractivity contribution in [3.63, 3.8) is 0 Å². The van der Waals surface area contributed by atoms with E-state index >= 15 is 0 Å². The number of nitrogens with zero attached hydrogens (tertiary/aromatic N) is 2. The van der Waals surface area contributed by atoms with Crippen LogP contribution in [-0.2, 0) is 13.2 Å². The summed E-state index contributed by atoms with van der Waals surface area (Å²) in [5, 5.41) is 6.52. The van der Waals surface area contributed by atoms with Gasteiger partial charge in [0.2, 0.25) is 0 Å². The molecule has 9 heteroatoms. The highest BCUT2D eigenvalue weighted by Crippen LogP contribution is 2.35. The second-order valence-electron chi connectivity index (χ2n) is 4.77. The van der Waals surface area contributed by atoms with Crippen LogP contribution < -0.4 is 11.2 Å². The van der Waals surface area contributed by atoms with Crippen molar-refractivity contribution < 1.29 is 13.2 Å². The molecule has 0 spiro atoms. The Morgan fingerprint density at radius 1 is 1.18 bits per heavy atom. The summed E-state index contributed by atoms with van der Waals surface area (Å²) in [6.07, 6.45) is -2.04. The lowest BCUT2D eigenvalue weighted by atomic mass is 10.0. The molecule has 0 unspecified atom stereocenters. The number of aromatic nitrogens is 4. The largest absolute Gasteiger partial charge is 0.416 e. The Morgan fingerprint density at radius 3 is 2.59 bits per heavy atom. The molecule has 3 rings (SSSR count). The van der Waals surface area contributed by atoms with Gasteiger partial charge in [0.05, 0.1) is 22.8 Å². The van der Waals surface area contributed by atoms with Gasteiger partial charge in [-0.25, -0.2) is 4.79 Å². The van der Waals surface area contributed by atoms with Crippen LogP contribution in [-0.4, -0.2) is 19.7 Å². The van der Waals surface area contributed by atoms with E-state index in [-0.39, 0.29) is 16.6 Å². The van der Waals surface area contributed by atoms with E-state index in [4.69, 9.17) is 0 Å². The number of H-pyrrole nitrogens is 2. The molecule has 0 bridgehead atoms. The van der Waals surface area contributed by atoms with Crippen LogP contribution in [0.15, 0.2) is 34.1 Å². The van der Waals surface area contributed by atoms with E-state index in [2.05, 4.69) is 15.2 Å². The summed E-state index contributed by atoms with van der Waals surface area (Å²) in [6, 6.07) is 1.79. The lowest BCUT2D eigenvalue weighted by Gasteiger charge is -2.10. The summed E-state index contributed by atoms with van der Waals surface area (Å²) in [6.45, 7) is 0. The van der Waals surface area contributed by atoms with Crippen molar-refractivity contribution >= 4 is 10.9 Å². The topological polar surface area (TPSA) is 83.5 Å². The van der Waals surface area contributed by atoms with Crippen molar-refractivity contribution in [3.8, 4) is 11.1 Å². The normalized spacial score (nSPS) is 12.0. The highest BCUT2D eigenvalue weighted by molar-refractivity contribution is 5.94. The van der Waals surface area contributed by atoms with E-state index in [1.165, 1.54) is 19.4 Å². The monoisotopic (exact) mass is 310 g/mol. The number of rotatable bonds is 1. The molecule has 0 saturated carbocycles. The lowest BCUT2D eigenvalue weighted by Crippen LogP contribution is -2.28. The first-order valence-corrected chi connectivity index (χ1v) is 6.12. The predicted molar refractivity (Wildman–Crippen MR) is 72.4 cm³/mol. The first-order chi connectivity index (χ1) is 10.3.